The van der Waals surface area contributed by atoms with Crippen LogP contribution in [0.15, 0.2) is 18.2 Å². The van der Waals surface area contributed by atoms with Crippen LogP contribution in [0.1, 0.15) is 30.9 Å². The monoisotopic (exact) mass is 219 g/mol. The number of nitrogens with one attached hydrogen (secondary N) is 1. The molecule has 0 saturated carbocycles. The molecule has 0 bridgehead atoms. The Hall–Kier alpha value is -1.02. The van der Waals surface area contributed by atoms with E-state index in [1.165, 1.54) is 36.8 Å². The summed E-state index contributed by atoms with van der Waals surface area (Å²) in [6, 6.07) is 6.56. The molecule has 0 saturated heterocycles. The molecule has 88 valence electrons. The molecule has 0 aromatic heterocycles. The molecule has 2 rings (SSSR count). The van der Waals surface area contributed by atoms with Gasteiger partial charge in [0.05, 0.1) is 0 Å². The molecule has 2 heteroatoms. The van der Waals surface area contributed by atoms with E-state index in [2.05, 4.69) is 30.4 Å². The summed E-state index contributed by atoms with van der Waals surface area (Å²) in [7, 11) is 1.95. The zero-order valence-corrected chi connectivity index (χ0v) is 10.3. The van der Waals surface area contributed by atoms with Crippen molar-refractivity contribution >= 4 is 0 Å². The van der Waals surface area contributed by atoms with Crippen LogP contribution in [0, 0.1) is 0 Å². The molecular formula is C14H21NO. The van der Waals surface area contributed by atoms with Gasteiger partial charge in [0.2, 0.25) is 0 Å². The van der Waals surface area contributed by atoms with Crippen LogP contribution in [0.3, 0.4) is 0 Å². The molecule has 2 nitrogen and oxygen atoms in total. The second kappa shape index (κ2) is 5.35. The third kappa shape index (κ3) is 2.76. The minimum absolute atomic E-state index is 0.228. The van der Waals surface area contributed by atoms with Gasteiger partial charge in [-0.25, -0.2) is 0 Å². The molecule has 0 fully saturated rings. The van der Waals surface area contributed by atoms with Crippen LogP contribution < -0.4 is 10.1 Å². The second-order valence-corrected chi connectivity index (χ2v) is 4.62. The first-order valence-electron chi connectivity index (χ1n) is 6.22. The van der Waals surface area contributed by atoms with E-state index in [1.54, 1.807) is 0 Å². The third-order valence-electron chi connectivity index (χ3n) is 3.15. The fourth-order valence-electron chi connectivity index (χ4n) is 2.34. The highest BCUT2D eigenvalue weighted by molar-refractivity contribution is 5.37. The smallest absolute Gasteiger partial charge is 0.120 e. The van der Waals surface area contributed by atoms with Gasteiger partial charge in [-0.15, -0.1) is 0 Å². The number of likely N-dealkylation sites (N-methyl/N-ethyl adjacent to an activating group) is 1. The first-order chi connectivity index (χ1) is 7.79. The summed E-state index contributed by atoms with van der Waals surface area (Å²) in [5, 5.41) is 3.13. The molecule has 1 N–H and O–H groups in total. The van der Waals surface area contributed by atoms with E-state index in [0.29, 0.717) is 0 Å². The maximum absolute atomic E-state index is 5.86. The normalized spacial score (nSPS) is 16.6. The summed E-state index contributed by atoms with van der Waals surface area (Å²) < 4.78 is 5.86. The summed E-state index contributed by atoms with van der Waals surface area (Å²) >= 11 is 0. The van der Waals surface area contributed by atoms with E-state index in [9.17, 15) is 0 Å². The summed E-state index contributed by atoms with van der Waals surface area (Å²) in [5.74, 6) is 1.02. The molecule has 0 spiro atoms. The third-order valence-corrected chi connectivity index (χ3v) is 3.15. The van der Waals surface area contributed by atoms with Crippen molar-refractivity contribution in [2.45, 2.75) is 38.7 Å². The number of hydrogen-bond acceptors (Lipinski definition) is 2. The number of benzene rings is 1. The molecule has 1 unspecified atom stereocenters. The highest BCUT2D eigenvalue weighted by atomic mass is 16.5. The van der Waals surface area contributed by atoms with Gasteiger partial charge in [0.25, 0.3) is 0 Å². The molecule has 1 aromatic carbocycles. The summed E-state index contributed by atoms with van der Waals surface area (Å²) in [6.07, 6.45) is 5.34. The van der Waals surface area contributed by atoms with E-state index in [4.69, 9.17) is 4.74 Å². The average molecular weight is 219 g/mol. The number of aryl methyl sites for hydroxylation is 2. The summed E-state index contributed by atoms with van der Waals surface area (Å²) in [4.78, 5) is 0. The van der Waals surface area contributed by atoms with Crippen LogP contribution in [-0.2, 0) is 12.8 Å². The average Bonchev–Trinajstić information content (AvgIpc) is 2.29. The molecule has 1 atom stereocenters. The Morgan fingerprint density at radius 1 is 1.25 bits per heavy atom. The van der Waals surface area contributed by atoms with E-state index >= 15 is 0 Å². The van der Waals surface area contributed by atoms with Gasteiger partial charge in [-0.05, 0) is 62.9 Å². The van der Waals surface area contributed by atoms with Crippen molar-refractivity contribution in [1.29, 1.82) is 0 Å². The summed E-state index contributed by atoms with van der Waals surface area (Å²) in [6.45, 7) is 2.98. The highest BCUT2D eigenvalue weighted by Gasteiger charge is 2.10. The zero-order valence-electron chi connectivity index (χ0n) is 10.3. The Bertz CT molecular complexity index is 349. The van der Waals surface area contributed by atoms with Crippen molar-refractivity contribution in [2.75, 3.05) is 13.6 Å². The second-order valence-electron chi connectivity index (χ2n) is 4.62. The van der Waals surface area contributed by atoms with E-state index < -0.39 is 0 Å². The van der Waals surface area contributed by atoms with Gasteiger partial charge in [0.15, 0.2) is 0 Å². The number of hydrogen-bond donors (Lipinski definition) is 1. The largest absolute Gasteiger partial charge is 0.489 e. The predicted molar refractivity (Wildman–Crippen MR) is 67.1 cm³/mol. The lowest BCUT2D eigenvalue weighted by Gasteiger charge is -2.19. The van der Waals surface area contributed by atoms with E-state index in [1.807, 2.05) is 7.05 Å². The van der Waals surface area contributed by atoms with Gasteiger partial charge in [0.1, 0.15) is 11.9 Å². The SMILES string of the molecule is CNCC(C)Oc1ccc2c(c1)CCCC2. The molecule has 0 heterocycles. The topological polar surface area (TPSA) is 21.3 Å². The number of rotatable bonds is 4. The first-order valence-corrected chi connectivity index (χ1v) is 6.22. The Balaban J connectivity index is 2.05. The molecule has 16 heavy (non-hydrogen) atoms. The standard InChI is InChI=1S/C14H21NO/c1-11(10-15-2)16-14-8-7-12-5-3-4-6-13(12)9-14/h7-9,11,15H,3-6,10H2,1-2H3. The van der Waals surface area contributed by atoms with E-state index in [-0.39, 0.29) is 6.10 Å². The van der Waals surface area contributed by atoms with Crippen molar-refractivity contribution in [3.8, 4) is 5.75 Å². The van der Waals surface area contributed by atoms with Gasteiger partial charge >= 0.3 is 0 Å². The Morgan fingerprint density at radius 3 is 2.75 bits per heavy atom. The minimum atomic E-state index is 0.228. The van der Waals surface area contributed by atoms with Gasteiger partial charge < -0.3 is 10.1 Å². The van der Waals surface area contributed by atoms with E-state index in [0.717, 1.165) is 12.3 Å². The van der Waals surface area contributed by atoms with Crippen molar-refractivity contribution < 1.29 is 4.74 Å². The minimum Gasteiger partial charge on any atom is -0.489 e. The number of ether oxygens (including phenoxy) is 1. The first kappa shape index (κ1) is 11.5. The molecule has 1 aromatic rings. The van der Waals surface area contributed by atoms with Crippen LogP contribution in [0.5, 0.6) is 5.75 Å². The highest BCUT2D eigenvalue weighted by Crippen LogP contribution is 2.25. The predicted octanol–water partition coefficient (Wildman–Crippen LogP) is 2.55. The molecule has 0 aliphatic heterocycles. The Morgan fingerprint density at radius 2 is 2.00 bits per heavy atom. The molecule has 0 amide bonds. The van der Waals surface area contributed by atoms with Crippen LogP contribution in [-0.4, -0.2) is 19.7 Å². The van der Waals surface area contributed by atoms with Crippen LogP contribution in [0.25, 0.3) is 0 Å². The van der Waals surface area contributed by atoms with Gasteiger partial charge in [-0.2, -0.15) is 0 Å². The van der Waals surface area contributed by atoms with Crippen molar-refractivity contribution in [2.24, 2.45) is 0 Å². The Kier molecular flexibility index (Phi) is 3.83. The van der Waals surface area contributed by atoms with Crippen molar-refractivity contribution in [3.05, 3.63) is 29.3 Å². The van der Waals surface area contributed by atoms with Gasteiger partial charge in [0, 0.05) is 6.54 Å². The molecule has 1 aliphatic carbocycles. The maximum atomic E-state index is 5.86. The molecule has 1 aliphatic rings. The number of fused-ring (bicyclic) bond motifs is 1. The zero-order chi connectivity index (χ0) is 11.4. The molecule has 0 radical (unpaired) electrons. The van der Waals surface area contributed by atoms with Crippen LogP contribution in [0.4, 0.5) is 0 Å². The lowest BCUT2D eigenvalue weighted by Crippen LogP contribution is -2.26. The van der Waals surface area contributed by atoms with Crippen LogP contribution in [0.2, 0.25) is 0 Å². The quantitative estimate of drug-likeness (QED) is 0.840. The van der Waals surface area contributed by atoms with Gasteiger partial charge in [-0.3, -0.25) is 0 Å². The maximum Gasteiger partial charge on any atom is 0.120 e. The van der Waals surface area contributed by atoms with Gasteiger partial charge in [-0.1, -0.05) is 6.07 Å². The Labute approximate surface area is 98.0 Å². The fraction of sp³-hybridized carbons (Fsp3) is 0.571. The van der Waals surface area contributed by atoms with Crippen molar-refractivity contribution in [1.82, 2.24) is 5.32 Å². The molecular weight excluding hydrogens is 198 g/mol. The van der Waals surface area contributed by atoms with Crippen LogP contribution >= 0.6 is 0 Å². The lowest BCUT2D eigenvalue weighted by atomic mass is 9.92. The van der Waals surface area contributed by atoms with Crippen molar-refractivity contribution in [3.63, 3.8) is 0 Å². The summed E-state index contributed by atoms with van der Waals surface area (Å²) in [5.41, 5.74) is 3.00. The fourth-order valence-corrected chi connectivity index (χ4v) is 2.34. The lowest BCUT2D eigenvalue weighted by molar-refractivity contribution is 0.220.